The lowest BCUT2D eigenvalue weighted by molar-refractivity contribution is 0.372. The summed E-state index contributed by atoms with van der Waals surface area (Å²) in [4.78, 5) is 14.1. The van der Waals surface area contributed by atoms with E-state index in [4.69, 9.17) is 4.99 Å². The van der Waals surface area contributed by atoms with Gasteiger partial charge in [-0.25, -0.2) is 4.98 Å². The molecule has 0 aromatic carbocycles. The van der Waals surface area contributed by atoms with Gasteiger partial charge in [0.1, 0.15) is 5.82 Å². The molecule has 6 nitrogen and oxygen atoms in total. The van der Waals surface area contributed by atoms with Gasteiger partial charge in [0.25, 0.3) is 0 Å². The third-order valence-electron chi connectivity index (χ3n) is 3.98. The van der Waals surface area contributed by atoms with Gasteiger partial charge in [-0.3, -0.25) is 4.99 Å². The zero-order valence-corrected chi connectivity index (χ0v) is 15.5. The predicted molar refractivity (Wildman–Crippen MR) is 98.6 cm³/mol. The van der Waals surface area contributed by atoms with Crippen LogP contribution in [0.25, 0.3) is 0 Å². The number of nitrogens with one attached hydrogen (secondary N) is 1. The molecule has 130 valence electrons. The Morgan fingerprint density at radius 1 is 1.17 bits per heavy atom. The van der Waals surface area contributed by atoms with Crippen molar-refractivity contribution in [2.45, 2.75) is 46.5 Å². The number of piperazine rings is 1. The van der Waals surface area contributed by atoms with Crippen molar-refractivity contribution in [3.8, 4) is 0 Å². The molecule has 2 heterocycles. The predicted octanol–water partition coefficient (Wildman–Crippen LogP) is 2.38. The van der Waals surface area contributed by atoms with Gasteiger partial charge in [-0.1, -0.05) is 26.7 Å². The quantitative estimate of drug-likeness (QED) is 0.470. The molecule has 0 atom stereocenters. The van der Waals surface area contributed by atoms with E-state index in [1.165, 1.54) is 30.8 Å². The maximum Gasteiger partial charge on any atom is 0.205 e. The summed E-state index contributed by atoms with van der Waals surface area (Å²) >= 11 is 1.52. The lowest BCUT2D eigenvalue weighted by Crippen LogP contribution is -2.52. The van der Waals surface area contributed by atoms with Gasteiger partial charge in [0.2, 0.25) is 5.13 Å². The Labute approximate surface area is 144 Å². The van der Waals surface area contributed by atoms with Gasteiger partial charge < -0.3 is 15.1 Å². The molecule has 0 spiro atoms. The van der Waals surface area contributed by atoms with E-state index in [1.54, 1.807) is 0 Å². The molecule has 0 unspecified atom stereocenters. The molecule has 7 heteroatoms. The van der Waals surface area contributed by atoms with Crippen LogP contribution in [0.3, 0.4) is 0 Å². The standard InChI is InChI=1S/C16H30N6S/c1-4-7-8-9-18-15(17-6-3)21-10-12-22(13-11-21)16-19-14(5-2)20-23-16/h4-13H2,1-3H3,(H,17,18). The first-order valence-electron chi connectivity index (χ1n) is 8.89. The first-order valence-corrected chi connectivity index (χ1v) is 9.66. The van der Waals surface area contributed by atoms with Gasteiger partial charge >= 0.3 is 0 Å². The van der Waals surface area contributed by atoms with Crippen LogP contribution >= 0.6 is 11.5 Å². The van der Waals surface area contributed by atoms with Crippen molar-refractivity contribution in [3.63, 3.8) is 0 Å². The van der Waals surface area contributed by atoms with Crippen molar-refractivity contribution in [3.05, 3.63) is 5.82 Å². The number of aryl methyl sites for hydroxylation is 1. The fourth-order valence-electron chi connectivity index (χ4n) is 2.60. The van der Waals surface area contributed by atoms with Crippen LogP contribution < -0.4 is 10.2 Å². The van der Waals surface area contributed by atoms with Gasteiger partial charge in [0.15, 0.2) is 5.96 Å². The Hall–Kier alpha value is -1.37. The van der Waals surface area contributed by atoms with E-state index >= 15 is 0 Å². The second-order valence-corrected chi connectivity index (χ2v) is 6.49. The highest BCUT2D eigenvalue weighted by atomic mass is 32.1. The number of anilines is 1. The molecule has 1 saturated heterocycles. The van der Waals surface area contributed by atoms with Crippen LogP contribution in [0.15, 0.2) is 4.99 Å². The summed E-state index contributed by atoms with van der Waals surface area (Å²) in [5.74, 6) is 2.02. The van der Waals surface area contributed by atoms with Gasteiger partial charge in [-0.05, 0) is 13.3 Å². The molecule has 1 fully saturated rings. The molecule has 0 amide bonds. The SMILES string of the molecule is CCCCCN=C(NCC)N1CCN(c2nc(CC)ns2)CC1. The van der Waals surface area contributed by atoms with Crippen LogP contribution in [-0.2, 0) is 6.42 Å². The van der Waals surface area contributed by atoms with E-state index in [0.717, 1.165) is 62.6 Å². The number of aromatic nitrogens is 2. The number of unbranched alkanes of at least 4 members (excludes halogenated alkanes) is 2. The molecule has 1 N–H and O–H groups in total. The molecule has 0 radical (unpaired) electrons. The van der Waals surface area contributed by atoms with Crippen molar-refractivity contribution in [2.75, 3.05) is 44.2 Å². The first-order chi connectivity index (χ1) is 11.3. The fourth-order valence-corrected chi connectivity index (χ4v) is 3.40. The first kappa shape index (κ1) is 18.0. The lowest BCUT2D eigenvalue weighted by atomic mass is 10.2. The fraction of sp³-hybridized carbons (Fsp3) is 0.812. The minimum Gasteiger partial charge on any atom is -0.357 e. The minimum absolute atomic E-state index is 0.908. The smallest absolute Gasteiger partial charge is 0.205 e. The molecule has 0 aliphatic carbocycles. The summed E-state index contributed by atoms with van der Waals surface area (Å²) in [6.45, 7) is 12.2. The van der Waals surface area contributed by atoms with E-state index in [-0.39, 0.29) is 0 Å². The summed E-state index contributed by atoms with van der Waals surface area (Å²) in [5, 5.41) is 4.49. The average Bonchev–Trinajstić information content (AvgIpc) is 3.07. The van der Waals surface area contributed by atoms with E-state index in [9.17, 15) is 0 Å². The third-order valence-corrected chi connectivity index (χ3v) is 4.80. The lowest BCUT2D eigenvalue weighted by Gasteiger charge is -2.36. The number of hydrogen-bond donors (Lipinski definition) is 1. The second kappa shape index (κ2) is 9.70. The third kappa shape index (κ3) is 5.34. The molecule has 1 aromatic rings. The highest BCUT2D eigenvalue weighted by Gasteiger charge is 2.21. The van der Waals surface area contributed by atoms with Crippen LogP contribution in [0.5, 0.6) is 0 Å². The Balaban J connectivity index is 1.87. The molecule has 1 aliphatic rings. The van der Waals surface area contributed by atoms with Gasteiger partial charge in [0, 0.05) is 57.2 Å². The normalized spacial score (nSPS) is 16.0. The summed E-state index contributed by atoms with van der Waals surface area (Å²) in [7, 11) is 0. The average molecular weight is 339 g/mol. The number of nitrogens with zero attached hydrogens (tertiary/aromatic N) is 5. The van der Waals surface area contributed by atoms with Crippen LogP contribution in [0.2, 0.25) is 0 Å². The Morgan fingerprint density at radius 3 is 2.57 bits per heavy atom. The number of guanidine groups is 1. The second-order valence-electron chi connectivity index (χ2n) is 5.76. The van der Waals surface area contributed by atoms with Crippen molar-refractivity contribution in [2.24, 2.45) is 4.99 Å². The summed E-state index contributed by atoms with van der Waals surface area (Å²) < 4.78 is 4.39. The van der Waals surface area contributed by atoms with Gasteiger partial charge in [0.05, 0.1) is 0 Å². The van der Waals surface area contributed by atoms with Crippen molar-refractivity contribution in [1.82, 2.24) is 19.6 Å². The maximum absolute atomic E-state index is 4.78. The monoisotopic (exact) mass is 338 g/mol. The molecule has 0 bridgehead atoms. The molecule has 1 aromatic heterocycles. The molecule has 2 rings (SSSR count). The summed E-state index contributed by atoms with van der Waals surface area (Å²) in [6.07, 6.45) is 4.58. The van der Waals surface area contributed by atoms with Crippen molar-refractivity contribution < 1.29 is 0 Å². The molecular formula is C16H30N6S. The topological polar surface area (TPSA) is 56.7 Å². The van der Waals surface area contributed by atoms with Crippen molar-refractivity contribution in [1.29, 1.82) is 0 Å². The highest BCUT2D eigenvalue weighted by molar-refractivity contribution is 7.09. The number of hydrogen-bond acceptors (Lipinski definition) is 5. The van der Waals surface area contributed by atoms with Crippen LogP contribution in [-0.4, -0.2) is 59.5 Å². The summed E-state index contributed by atoms with van der Waals surface area (Å²) in [6, 6.07) is 0. The molecule has 23 heavy (non-hydrogen) atoms. The Bertz CT molecular complexity index is 479. The molecular weight excluding hydrogens is 308 g/mol. The van der Waals surface area contributed by atoms with Crippen LogP contribution in [0, 0.1) is 0 Å². The number of rotatable bonds is 7. The number of aliphatic imine (C=N–C) groups is 1. The highest BCUT2D eigenvalue weighted by Crippen LogP contribution is 2.19. The summed E-state index contributed by atoms with van der Waals surface area (Å²) in [5.41, 5.74) is 0. The Kier molecular flexibility index (Phi) is 7.58. The Morgan fingerprint density at radius 2 is 1.96 bits per heavy atom. The van der Waals surface area contributed by atoms with E-state index in [1.807, 2.05) is 0 Å². The zero-order valence-electron chi connectivity index (χ0n) is 14.7. The maximum atomic E-state index is 4.78. The van der Waals surface area contributed by atoms with Crippen molar-refractivity contribution >= 4 is 22.6 Å². The van der Waals surface area contributed by atoms with Gasteiger partial charge in [-0.15, -0.1) is 0 Å². The molecule has 1 aliphatic heterocycles. The van der Waals surface area contributed by atoms with E-state index in [2.05, 4.69) is 45.2 Å². The minimum atomic E-state index is 0.908. The zero-order chi connectivity index (χ0) is 16.5. The molecule has 0 saturated carbocycles. The van der Waals surface area contributed by atoms with Crippen LogP contribution in [0.1, 0.15) is 45.9 Å². The largest absolute Gasteiger partial charge is 0.357 e. The van der Waals surface area contributed by atoms with E-state index < -0.39 is 0 Å². The van der Waals surface area contributed by atoms with Crippen LogP contribution in [0.4, 0.5) is 5.13 Å². The van der Waals surface area contributed by atoms with E-state index in [0.29, 0.717) is 0 Å². The van der Waals surface area contributed by atoms with Gasteiger partial charge in [-0.2, -0.15) is 4.37 Å².